The average Bonchev–Trinajstić information content (AvgIpc) is 2.83. The van der Waals surface area contributed by atoms with Crippen LogP contribution < -0.4 is 14.2 Å². The first kappa shape index (κ1) is 25.7. The van der Waals surface area contributed by atoms with Crippen molar-refractivity contribution in [1.82, 2.24) is 0 Å². The van der Waals surface area contributed by atoms with Crippen molar-refractivity contribution in [2.75, 3.05) is 20.8 Å². The lowest BCUT2D eigenvalue weighted by molar-refractivity contribution is -0.277. The molecule has 5 unspecified atom stereocenters. The standard InChI is InChI=1S/C24H30O10/c1-12(26)20-14(6-4-13-5-8-16(31-2)18(10-13)32-3)15(27)7-9-17(20)33-24-23(30)22(29)21(28)19(11-25)34-24/h5,7-10,19,21-25,27-30H,4,6,11H2,1-3H3. The number of methoxy groups -OCH3 is 2. The van der Waals surface area contributed by atoms with Gasteiger partial charge in [-0.25, -0.2) is 0 Å². The van der Waals surface area contributed by atoms with Gasteiger partial charge in [0.2, 0.25) is 6.29 Å². The van der Waals surface area contributed by atoms with E-state index in [0.717, 1.165) is 5.56 Å². The molecule has 186 valence electrons. The average molecular weight is 478 g/mol. The predicted molar refractivity (Wildman–Crippen MR) is 119 cm³/mol. The van der Waals surface area contributed by atoms with Crippen molar-refractivity contribution in [3.05, 3.63) is 47.0 Å². The monoisotopic (exact) mass is 478 g/mol. The van der Waals surface area contributed by atoms with Crippen LogP contribution in [0.15, 0.2) is 30.3 Å². The van der Waals surface area contributed by atoms with Gasteiger partial charge in [-0.3, -0.25) is 4.79 Å². The molecule has 5 atom stereocenters. The van der Waals surface area contributed by atoms with Crippen molar-refractivity contribution in [3.63, 3.8) is 0 Å². The summed E-state index contributed by atoms with van der Waals surface area (Å²) in [7, 11) is 3.07. The lowest BCUT2D eigenvalue weighted by atomic mass is 9.95. The number of aliphatic hydroxyl groups excluding tert-OH is 4. The minimum atomic E-state index is -1.64. The summed E-state index contributed by atoms with van der Waals surface area (Å²) >= 11 is 0. The Labute approximate surface area is 196 Å². The third-order valence-corrected chi connectivity index (χ3v) is 5.81. The number of rotatable bonds is 9. The number of phenols is 1. The lowest BCUT2D eigenvalue weighted by Crippen LogP contribution is -2.60. The molecule has 0 spiro atoms. The van der Waals surface area contributed by atoms with Crippen LogP contribution >= 0.6 is 0 Å². The molecule has 0 saturated carbocycles. The number of carbonyl (C=O) groups excluding carboxylic acids is 1. The zero-order valence-electron chi connectivity index (χ0n) is 19.2. The normalized spacial score (nSPS) is 24.5. The largest absolute Gasteiger partial charge is 0.508 e. The van der Waals surface area contributed by atoms with E-state index < -0.39 is 43.1 Å². The van der Waals surface area contributed by atoms with E-state index in [9.17, 15) is 30.3 Å². The Kier molecular flexibility index (Phi) is 8.34. The molecule has 2 aromatic rings. The number of aliphatic hydroxyl groups is 4. The zero-order valence-corrected chi connectivity index (χ0v) is 19.2. The van der Waals surface area contributed by atoms with E-state index in [4.69, 9.17) is 18.9 Å². The molecule has 1 saturated heterocycles. The van der Waals surface area contributed by atoms with Gasteiger partial charge in [0.05, 0.1) is 26.4 Å². The number of ketones is 1. The summed E-state index contributed by atoms with van der Waals surface area (Å²) in [5.74, 6) is 0.658. The van der Waals surface area contributed by atoms with Crippen LogP contribution in [0.25, 0.3) is 0 Å². The fourth-order valence-corrected chi connectivity index (χ4v) is 3.95. The molecule has 1 heterocycles. The van der Waals surface area contributed by atoms with Crippen LogP contribution in [0.5, 0.6) is 23.0 Å². The van der Waals surface area contributed by atoms with E-state index in [1.807, 2.05) is 6.07 Å². The molecular formula is C24H30O10. The summed E-state index contributed by atoms with van der Waals surface area (Å²) in [6.07, 6.45) is -6.69. The number of hydrogen-bond donors (Lipinski definition) is 5. The quantitative estimate of drug-likeness (QED) is 0.323. The van der Waals surface area contributed by atoms with Crippen LogP contribution in [0.1, 0.15) is 28.4 Å². The Morgan fingerprint density at radius 2 is 1.62 bits per heavy atom. The van der Waals surface area contributed by atoms with Gasteiger partial charge in [-0.1, -0.05) is 6.07 Å². The number of hydrogen-bond acceptors (Lipinski definition) is 10. The SMILES string of the molecule is COc1ccc(CCc2c(O)ccc(OC3OC(CO)C(O)C(O)C3O)c2C(C)=O)cc1OC. The summed E-state index contributed by atoms with van der Waals surface area (Å²) in [5.41, 5.74) is 1.31. The van der Waals surface area contributed by atoms with Crippen molar-refractivity contribution in [2.45, 2.75) is 50.5 Å². The van der Waals surface area contributed by atoms with E-state index in [-0.39, 0.29) is 23.5 Å². The maximum absolute atomic E-state index is 12.5. The van der Waals surface area contributed by atoms with Crippen LogP contribution in [0.3, 0.4) is 0 Å². The molecule has 1 aliphatic rings. The Bertz CT molecular complexity index is 1010. The van der Waals surface area contributed by atoms with Gasteiger partial charge in [-0.05, 0) is 49.6 Å². The van der Waals surface area contributed by atoms with Crippen LogP contribution in [-0.4, -0.2) is 82.8 Å². The third-order valence-electron chi connectivity index (χ3n) is 5.81. The van der Waals surface area contributed by atoms with Gasteiger partial charge in [-0.2, -0.15) is 0 Å². The summed E-state index contributed by atoms with van der Waals surface area (Å²) in [6.45, 7) is 0.700. The molecule has 0 aromatic heterocycles. The van der Waals surface area contributed by atoms with Gasteiger partial charge in [0.25, 0.3) is 0 Å². The van der Waals surface area contributed by atoms with Crippen LogP contribution in [0.2, 0.25) is 0 Å². The molecular weight excluding hydrogens is 448 g/mol. The van der Waals surface area contributed by atoms with Gasteiger partial charge in [-0.15, -0.1) is 0 Å². The molecule has 2 aromatic carbocycles. The van der Waals surface area contributed by atoms with Crippen molar-refractivity contribution >= 4 is 5.78 Å². The molecule has 10 heteroatoms. The zero-order chi connectivity index (χ0) is 25.0. The number of carbonyl (C=O) groups is 1. The highest BCUT2D eigenvalue weighted by atomic mass is 16.7. The number of ether oxygens (including phenoxy) is 4. The Hall–Kier alpha value is -2.89. The highest BCUT2D eigenvalue weighted by Gasteiger charge is 2.45. The number of benzene rings is 2. The molecule has 5 N–H and O–H groups in total. The van der Waals surface area contributed by atoms with E-state index >= 15 is 0 Å². The first-order chi connectivity index (χ1) is 16.2. The fourth-order valence-electron chi connectivity index (χ4n) is 3.95. The van der Waals surface area contributed by atoms with Crippen LogP contribution in [-0.2, 0) is 17.6 Å². The number of aromatic hydroxyl groups is 1. The molecule has 1 aliphatic heterocycles. The van der Waals surface area contributed by atoms with Crippen LogP contribution in [0.4, 0.5) is 0 Å². The van der Waals surface area contributed by atoms with Crippen molar-refractivity contribution in [2.24, 2.45) is 0 Å². The minimum Gasteiger partial charge on any atom is -0.508 e. The third kappa shape index (κ3) is 5.26. The molecule has 34 heavy (non-hydrogen) atoms. The fraction of sp³-hybridized carbons (Fsp3) is 0.458. The molecule has 3 rings (SSSR count). The van der Waals surface area contributed by atoms with Gasteiger partial charge < -0.3 is 44.5 Å². The van der Waals surface area contributed by atoms with E-state index in [1.165, 1.54) is 33.3 Å². The first-order valence-corrected chi connectivity index (χ1v) is 10.8. The van der Waals surface area contributed by atoms with Gasteiger partial charge in [0.15, 0.2) is 17.3 Å². The van der Waals surface area contributed by atoms with E-state index in [0.29, 0.717) is 23.5 Å². The summed E-state index contributed by atoms with van der Waals surface area (Å²) < 4.78 is 21.6. The number of phenolic OH excluding ortho intramolecular Hbond substituents is 1. The molecule has 0 bridgehead atoms. The first-order valence-electron chi connectivity index (χ1n) is 10.8. The molecule has 10 nitrogen and oxygen atoms in total. The number of aryl methyl sites for hydroxylation is 1. The number of Topliss-reactive ketones (excluding diaryl/α,β-unsaturated/α-hetero) is 1. The Morgan fingerprint density at radius 1 is 0.941 bits per heavy atom. The van der Waals surface area contributed by atoms with Crippen molar-refractivity contribution < 1.29 is 49.3 Å². The second-order valence-corrected chi connectivity index (χ2v) is 8.00. The highest BCUT2D eigenvalue weighted by Crippen LogP contribution is 2.35. The minimum absolute atomic E-state index is 0.0249. The van der Waals surface area contributed by atoms with Crippen molar-refractivity contribution in [3.8, 4) is 23.0 Å². The maximum Gasteiger partial charge on any atom is 0.229 e. The second kappa shape index (κ2) is 11.0. The van der Waals surface area contributed by atoms with E-state index in [2.05, 4.69) is 0 Å². The Balaban J connectivity index is 1.88. The predicted octanol–water partition coefficient (Wildman–Crippen LogP) is 0.576. The summed E-state index contributed by atoms with van der Waals surface area (Å²) in [4.78, 5) is 12.5. The molecule has 0 amide bonds. The van der Waals surface area contributed by atoms with Gasteiger partial charge in [0.1, 0.15) is 35.9 Å². The van der Waals surface area contributed by atoms with E-state index in [1.54, 1.807) is 12.1 Å². The smallest absolute Gasteiger partial charge is 0.229 e. The highest BCUT2D eigenvalue weighted by molar-refractivity contribution is 5.99. The Morgan fingerprint density at radius 3 is 2.24 bits per heavy atom. The second-order valence-electron chi connectivity index (χ2n) is 8.00. The van der Waals surface area contributed by atoms with Gasteiger partial charge in [0, 0.05) is 5.56 Å². The van der Waals surface area contributed by atoms with Crippen LogP contribution in [0, 0.1) is 0 Å². The van der Waals surface area contributed by atoms with Crippen molar-refractivity contribution in [1.29, 1.82) is 0 Å². The summed E-state index contributed by atoms with van der Waals surface area (Å²) in [5, 5.41) is 50.1. The molecule has 1 fully saturated rings. The molecule has 0 aliphatic carbocycles. The molecule has 0 radical (unpaired) electrons. The topological polar surface area (TPSA) is 155 Å². The lowest BCUT2D eigenvalue weighted by Gasteiger charge is -2.39. The van der Waals surface area contributed by atoms with Gasteiger partial charge >= 0.3 is 0 Å². The summed E-state index contributed by atoms with van der Waals surface area (Å²) in [6, 6.07) is 8.12. The maximum atomic E-state index is 12.5.